The van der Waals surface area contributed by atoms with E-state index in [4.69, 9.17) is 4.74 Å². The van der Waals surface area contributed by atoms with Gasteiger partial charge in [-0.15, -0.1) is 11.3 Å². The molecule has 34 heavy (non-hydrogen) atoms. The zero-order valence-corrected chi connectivity index (χ0v) is 21.1. The largest absolute Gasteiger partial charge is 0.376 e. The fraction of sp³-hybridized carbons (Fsp3) is 0.308. The minimum atomic E-state index is -0.317. The predicted molar refractivity (Wildman–Crippen MR) is 134 cm³/mol. The molecule has 3 aromatic rings. The van der Waals surface area contributed by atoms with Gasteiger partial charge in [0.2, 0.25) is 5.91 Å². The van der Waals surface area contributed by atoms with Crippen LogP contribution >= 0.6 is 27.3 Å². The van der Waals surface area contributed by atoms with Crippen molar-refractivity contribution in [2.75, 3.05) is 19.7 Å². The van der Waals surface area contributed by atoms with Crippen molar-refractivity contribution in [3.8, 4) is 0 Å². The van der Waals surface area contributed by atoms with Gasteiger partial charge in [-0.25, -0.2) is 4.39 Å². The molecule has 4 rings (SSSR count). The molecule has 2 amide bonds. The molecule has 8 heteroatoms. The van der Waals surface area contributed by atoms with Crippen molar-refractivity contribution < 1.29 is 18.7 Å². The number of amides is 2. The summed E-state index contributed by atoms with van der Waals surface area (Å²) >= 11 is 4.97. The van der Waals surface area contributed by atoms with Crippen LogP contribution in [0.4, 0.5) is 4.39 Å². The van der Waals surface area contributed by atoms with Crippen LogP contribution in [0.3, 0.4) is 0 Å². The highest BCUT2D eigenvalue weighted by atomic mass is 79.9. The number of carbonyl (C=O) groups is 2. The van der Waals surface area contributed by atoms with E-state index in [2.05, 4.69) is 15.9 Å². The first-order valence-electron chi connectivity index (χ1n) is 11.2. The van der Waals surface area contributed by atoms with Crippen LogP contribution < -0.4 is 0 Å². The highest BCUT2D eigenvalue weighted by molar-refractivity contribution is 9.10. The van der Waals surface area contributed by atoms with Crippen molar-refractivity contribution in [1.82, 2.24) is 9.80 Å². The van der Waals surface area contributed by atoms with Crippen LogP contribution in [0.15, 0.2) is 70.5 Å². The van der Waals surface area contributed by atoms with E-state index in [0.29, 0.717) is 31.8 Å². The van der Waals surface area contributed by atoms with Crippen LogP contribution in [0.2, 0.25) is 0 Å². The molecule has 1 atom stereocenters. The first kappa shape index (κ1) is 24.6. The first-order valence-corrected chi connectivity index (χ1v) is 12.9. The van der Waals surface area contributed by atoms with E-state index < -0.39 is 0 Å². The Hall–Kier alpha value is -2.55. The summed E-state index contributed by atoms with van der Waals surface area (Å²) in [6, 6.07) is 17.2. The molecule has 0 saturated carbocycles. The summed E-state index contributed by atoms with van der Waals surface area (Å²) in [6.45, 7) is 1.74. The molecule has 1 saturated heterocycles. The average Bonchev–Trinajstić information content (AvgIpc) is 3.54. The van der Waals surface area contributed by atoms with Crippen LogP contribution in [0.5, 0.6) is 0 Å². The molecule has 1 aliphatic rings. The molecule has 0 radical (unpaired) electrons. The molecule has 0 bridgehead atoms. The molecule has 2 aromatic carbocycles. The molecule has 1 aliphatic heterocycles. The Bertz CT molecular complexity index is 1080. The van der Waals surface area contributed by atoms with E-state index in [1.807, 2.05) is 29.6 Å². The Balaban J connectivity index is 1.54. The molecule has 1 unspecified atom stereocenters. The van der Waals surface area contributed by atoms with Crippen molar-refractivity contribution in [1.29, 1.82) is 0 Å². The van der Waals surface area contributed by atoms with Crippen molar-refractivity contribution in [3.05, 3.63) is 92.3 Å². The van der Waals surface area contributed by atoms with Crippen molar-refractivity contribution in [3.63, 3.8) is 0 Å². The second-order valence-electron chi connectivity index (χ2n) is 8.28. The molecule has 2 heterocycles. The van der Waals surface area contributed by atoms with Gasteiger partial charge >= 0.3 is 0 Å². The SMILES string of the molecule is O=C(CN(CC1CCCO1)C(=O)c1ccc(Br)cc1)N(Cc1ccc(F)cc1)Cc1cccs1. The second kappa shape index (κ2) is 11.7. The molecule has 1 aromatic heterocycles. The number of halogens is 2. The smallest absolute Gasteiger partial charge is 0.254 e. The maximum Gasteiger partial charge on any atom is 0.254 e. The Kier molecular flexibility index (Phi) is 8.48. The average molecular weight is 545 g/mol. The first-order chi connectivity index (χ1) is 16.5. The fourth-order valence-corrected chi connectivity index (χ4v) is 4.91. The number of nitrogens with zero attached hydrogens (tertiary/aromatic N) is 2. The molecule has 5 nitrogen and oxygen atoms in total. The predicted octanol–water partition coefficient (Wildman–Crippen LogP) is 5.50. The van der Waals surface area contributed by atoms with Crippen molar-refractivity contribution in [2.24, 2.45) is 0 Å². The van der Waals surface area contributed by atoms with Crippen LogP contribution in [-0.4, -0.2) is 47.4 Å². The van der Waals surface area contributed by atoms with E-state index >= 15 is 0 Å². The lowest BCUT2D eigenvalue weighted by Crippen LogP contribution is -2.45. The molecule has 0 aliphatic carbocycles. The summed E-state index contributed by atoms with van der Waals surface area (Å²) in [5.74, 6) is -0.682. The van der Waals surface area contributed by atoms with Gasteiger partial charge in [0.25, 0.3) is 5.91 Å². The molecular weight excluding hydrogens is 519 g/mol. The molecule has 0 N–H and O–H groups in total. The summed E-state index contributed by atoms with van der Waals surface area (Å²) < 4.78 is 20.0. The highest BCUT2D eigenvalue weighted by Gasteiger charge is 2.27. The van der Waals surface area contributed by atoms with Gasteiger partial charge in [-0.1, -0.05) is 34.1 Å². The minimum Gasteiger partial charge on any atom is -0.376 e. The highest BCUT2D eigenvalue weighted by Crippen LogP contribution is 2.19. The van der Waals surface area contributed by atoms with E-state index in [-0.39, 0.29) is 30.3 Å². The standard InChI is InChI=1S/C26H26BrFN2O3S/c27-21-9-7-20(8-10-21)26(32)30(16-23-3-1-13-33-23)18-25(31)29(17-24-4-2-14-34-24)15-19-5-11-22(28)12-6-19/h2,4-12,14,23H,1,3,13,15-18H2. The van der Waals surface area contributed by atoms with Gasteiger partial charge in [0.15, 0.2) is 0 Å². The van der Waals surface area contributed by atoms with Crippen LogP contribution in [0.25, 0.3) is 0 Å². The Labute approximate surface area is 211 Å². The van der Waals surface area contributed by atoms with E-state index in [1.54, 1.807) is 45.4 Å². The van der Waals surface area contributed by atoms with Gasteiger partial charge in [0, 0.05) is 34.6 Å². The number of ether oxygens (including phenoxy) is 1. The van der Waals surface area contributed by atoms with E-state index in [9.17, 15) is 14.0 Å². The Morgan fingerprint density at radius 1 is 1.03 bits per heavy atom. The number of benzene rings is 2. The monoisotopic (exact) mass is 544 g/mol. The summed E-state index contributed by atoms with van der Waals surface area (Å²) in [4.78, 5) is 31.2. The van der Waals surface area contributed by atoms with Crippen LogP contribution in [-0.2, 0) is 22.6 Å². The van der Waals surface area contributed by atoms with Gasteiger partial charge in [-0.3, -0.25) is 9.59 Å². The lowest BCUT2D eigenvalue weighted by Gasteiger charge is -2.29. The number of hydrogen-bond donors (Lipinski definition) is 0. The lowest BCUT2D eigenvalue weighted by molar-refractivity contribution is -0.133. The van der Waals surface area contributed by atoms with Gasteiger partial charge in [0.05, 0.1) is 12.6 Å². The molecule has 1 fully saturated rings. The fourth-order valence-electron chi connectivity index (χ4n) is 3.92. The van der Waals surface area contributed by atoms with Gasteiger partial charge in [-0.2, -0.15) is 0 Å². The Morgan fingerprint density at radius 3 is 2.44 bits per heavy atom. The maximum absolute atomic E-state index is 13.5. The zero-order chi connectivity index (χ0) is 23.9. The summed E-state index contributed by atoms with van der Waals surface area (Å²) in [5, 5.41) is 1.97. The number of thiophene rings is 1. The topological polar surface area (TPSA) is 49.9 Å². The number of carbonyl (C=O) groups excluding carboxylic acids is 2. The maximum atomic E-state index is 13.5. The number of rotatable bonds is 9. The van der Waals surface area contributed by atoms with E-state index in [1.165, 1.54) is 12.1 Å². The van der Waals surface area contributed by atoms with Gasteiger partial charge < -0.3 is 14.5 Å². The van der Waals surface area contributed by atoms with Crippen molar-refractivity contribution in [2.45, 2.75) is 32.0 Å². The summed E-state index contributed by atoms with van der Waals surface area (Å²) in [5.41, 5.74) is 1.36. The van der Waals surface area contributed by atoms with E-state index in [0.717, 1.165) is 27.8 Å². The van der Waals surface area contributed by atoms with Crippen molar-refractivity contribution >= 4 is 39.1 Å². The number of hydrogen-bond acceptors (Lipinski definition) is 4. The van der Waals surface area contributed by atoms with Crippen LogP contribution in [0.1, 0.15) is 33.6 Å². The van der Waals surface area contributed by atoms with Gasteiger partial charge in [0.1, 0.15) is 12.4 Å². The third-order valence-electron chi connectivity index (χ3n) is 5.72. The lowest BCUT2D eigenvalue weighted by atomic mass is 10.1. The normalized spacial score (nSPS) is 15.3. The summed E-state index contributed by atoms with van der Waals surface area (Å²) in [7, 11) is 0. The quantitative estimate of drug-likeness (QED) is 0.357. The molecular formula is C26H26BrFN2O3S. The second-order valence-corrected chi connectivity index (χ2v) is 10.2. The van der Waals surface area contributed by atoms with Gasteiger partial charge in [-0.05, 0) is 66.2 Å². The zero-order valence-electron chi connectivity index (χ0n) is 18.7. The summed E-state index contributed by atoms with van der Waals surface area (Å²) in [6.07, 6.45) is 1.75. The Morgan fingerprint density at radius 2 is 1.79 bits per heavy atom. The third kappa shape index (κ3) is 6.74. The molecule has 178 valence electrons. The van der Waals surface area contributed by atoms with Crippen LogP contribution in [0, 0.1) is 5.82 Å². The third-order valence-corrected chi connectivity index (χ3v) is 7.11. The molecule has 0 spiro atoms. The minimum absolute atomic E-state index is 0.0542.